The second-order valence-corrected chi connectivity index (χ2v) is 4.94. The summed E-state index contributed by atoms with van der Waals surface area (Å²) in [5, 5.41) is 9.53. The summed E-state index contributed by atoms with van der Waals surface area (Å²) in [6.45, 7) is 2.69. The van der Waals surface area contributed by atoms with E-state index in [1.165, 1.54) is 0 Å². The van der Waals surface area contributed by atoms with E-state index in [4.69, 9.17) is 0 Å². The lowest BCUT2D eigenvalue weighted by molar-refractivity contribution is -0.128. The second-order valence-electron chi connectivity index (χ2n) is 4.08. The minimum atomic E-state index is -0.839. The molecule has 0 saturated carbocycles. The fraction of sp³-hybridized carbons (Fsp3) is 0.417. The minimum absolute atomic E-state index is 0.193. The first-order valence-corrected chi connectivity index (χ1v) is 6.14. The quantitative estimate of drug-likeness (QED) is 0.859. The van der Waals surface area contributed by atoms with Crippen LogP contribution in [0.3, 0.4) is 0 Å². The first-order valence-electron chi connectivity index (χ1n) is 5.35. The number of hydrogen-bond donors (Lipinski definition) is 1. The van der Waals surface area contributed by atoms with Crippen LogP contribution in [0.2, 0.25) is 0 Å². The molecule has 1 amide bonds. The number of nitrogens with zero attached hydrogens (tertiary/aromatic N) is 1. The van der Waals surface area contributed by atoms with Crippen LogP contribution in [0.4, 0.5) is 5.69 Å². The molecule has 1 aromatic rings. The molecule has 1 unspecified atom stereocenters. The highest BCUT2D eigenvalue weighted by molar-refractivity contribution is 9.10. The maximum absolute atomic E-state index is 11.8. The first kappa shape index (κ1) is 11.6. The minimum Gasteiger partial charge on any atom is -0.383 e. The van der Waals surface area contributed by atoms with Gasteiger partial charge in [0.2, 0.25) is 0 Å². The highest BCUT2D eigenvalue weighted by Gasteiger charge is 2.27. The molecule has 16 heavy (non-hydrogen) atoms. The third-order valence-electron chi connectivity index (χ3n) is 2.88. The van der Waals surface area contributed by atoms with E-state index < -0.39 is 6.10 Å². The number of aliphatic hydroxyl groups is 1. The summed E-state index contributed by atoms with van der Waals surface area (Å²) < 4.78 is 0.984. The van der Waals surface area contributed by atoms with Crippen LogP contribution in [0.1, 0.15) is 18.4 Å². The molecule has 1 atom stereocenters. The van der Waals surface area contributed by atoms with Crippen molar-refractivity contribution in [2.75, 3.05) is 11.4 Å². The third kappa shape index (κ3) is 2.13. The Morgan fingerprint density at radius 3 is 2.94 bits per heavy atom. The fourth-order valence-electron chi connectivity index (χ4n) is 1.86. The molecule has 1 heterocycles. The zero-order valence-electron chi connectivity index (χ0n) is 9.11. The summed E-state index contributed by atoms with van der Waals surface area (Å²) in [6, 6.07) is 5.80. The van der Waals surface area contributed by atoms with Crippen molar-refractivity contribution >= 4 is 27.5 Å². The van der Waals surface area contributed by atoms with Gasteiger partial charge < -0.3 is 10.0 Å². The van der Waals surface area contributed by atoms with E-state index in [-0.39, 0.29) is 5.91 Å². The van der Waals surface area contributed by atoms with Crippen molar-refractivity contribution in [2.24, 2.45) is 0 Å². The van der Waals surface area contributed by atoms with Gasteiger partial charge in [0.05, 0.1) is 0 Å². The molecular formula is C12H14BrNO2. The van der Waals surface area contributed by atoms with E-state index in [1.807, 2.05) is 25.1 Å². The maximum Gasteiger partial charge on any atom is 0.255 e. The monoisotopic (exact) mass is 283 g/mol. The second kappa shape index (κ2) is 4.55. The molecule has 1 N–H and O–H groups in total. The molecular weight excluding hydrogens is 270 g/mol. The third-order valence-corrected chi connectivity index (χ3v) is 3.73. The molecule has 0 radical (unpaired) electrons. The zero-order chi connectivity index (χ0) is 11.7. The Labute approximate surface area is 103 Å². The number of aryl methyl sites for hydroxylation is 1. The summed E-state index contributed by atoms with van der Waals surface area (Å²) in [6.07, 6.45) is 0.578. The molecule has 1 aromatic carbocycles. The van der Waals surface area contributed by atoms with Crippen molar-refractivity contribution in [3.8, 4) is 0 Å². The Morgan fingerprint density at radius 2 is 2.25 bits per heavy atom. The van der Waals surface area contributed by atoms with Gasteiger partial charge in [0.25, 0.3) is 5.91 Å². The Morgan fingerprint density at radius 1 is 1.50 bits per heavy atom. The zero-order valence-corrected chi connectivity index (χ0v) is 10.7. The van der Waals surface area contributed by atoms with Crippen LogP contribution in [-0.4, -0.2) is 23.7 Å². The van der Waals surface area contributed by atoms with Crippen molar-refractivity contribution < 1.29 is 9.90 Å². The molecule has 1 aliphatic rings. The number of piperidine rings is 1. The summed E-state index contributed by atoms with van der Waals surface area (Å²) in [5.74, 6) is -0.193. The van der Waals surface area contributed by atoms with Crippen molar-refractivity contribution in [3.05, 3.63) is 28.2 Å². The largest absolute Gasteiger partial charge is 0.383 e. The van der Waals surface area contributed by atoms with Crippen molar-refractivity contribution in [3.63, 3.8) is 0 Å². The molecule has 0 spiro atoms. The molecule has 2 rings (SSSR count). The van der Waals surface area contributed by atoms with E-state index in [2.05, 4.69) is 15.9 Å². The summed E-state index contributed by atoms with van der Waals surface area (Å²) >= 11 is 3.45. The van der Waals surface area contributed by atoms with Gasteiger partial charge >= 0.3 is 0 Å². The van der Waals surface area contributed by atoms with Gasteiger partial charge in [-0.25, -0.2) is 0 Å². The maximum atomic E-state index is 11.8. The Balaban J connectivity index is 2.29. The summed E-state index contributed by atoms with van der Waals surface area (Å²) in [4.78, 5) is 13.4. The van der Waals surface area contributed by atoms with Gasteiger partial charge in [-0.05, 0) is 37.5 Å². The van der Waals surface area contributed by atoms with Crippen LogP contribution in [-0.2, 0) is 4.79 Å². The molecule has 3 nitrogen and oxygen atoms in total. The number of carbonyl (C=O) groups excluding carboxylic acids is 1. The molecule has 4 heteroatoms. The molecule has 0 aliphatic carbocycles. The number of benzene rings is 1. The van der Waals surface area contributed by atoms with Gasteiger partial charge in [-0.1, -0.05) is 22.0 Å². The molecule has 0 bridgehead atoms. The number of anilines is 1. The number of aliphatic hydroxyl groups excluding tert-OH is 1. The highest BCUT2D eigenvalue weighted by Crippen LogP contribution is 2.26. The summed E-state index contributed by atoms with van der Waals surface area (Å²) in [5.41, 5.74) is 1.98. The number of rotatable bonds is 1. The van der Waals surface area contributed by atoms with Crippen molar-refractivity contribution in [2.45, 2.75) is 25.9 Å². The van der Waals surface area contributed by atoms with Crippen molar-refractivity contribution in [1.29, 1.82) is 0 Å². The average Bonchev–Trinajstić information content (AvgIpc) is 2.26. The Bertz CT molecular complexity index is 419. The van der Waals surface area contributed by atoms with Gasteiger partial charge in [0.15, 0.2) is 0 Å². The van der Waals surface area contributed by atoms with Crippen LogP contribution in [0.5, 0.6) is 0 Å². The van der Waals surface area contributed by atoms with E-state index >= 15 is 0 Å². The molecule has 1 saturated heterocycles. The van der Waals surface area contributed by atoms with Gasteiger partial charge in [0, 0.05) is 16.7 Å². The molecule has 86 valence electrons. The van der Waals surface area contributed by atoms with Crippen LogP contribution >= 0.6 is 15.9 Å². The van der Waals surface area contributed by atoms with Gasteiger partial charge in [-0.3, -0.25) is 4.79 Å². The van der Waals surface area contributed by atoms with Crippen LogP contribution in [0.25, 0.3) is 0 Å². The topological polar surface area (TPSA) is 40.5 Å². The molecule has 1 fully saturated rings. The number of halogens is 1. The van der Waals surface area contributed by atoms with E-state index in [0.29, 0.717) is 13.0 Å². The predicted molar refractivity (Wildman–Crippen MR) is 66.5 cm³/mol. The first-order chi connectivity index (χ1) is 7.59. The summed E-state index contributed by atoms with van der Waals surface area (Å²) in [7, 11) is 0. The number of hydrogen-bond acceptors (Lipinski definition) is 2. The smallest absolute Gasteiger partial charge is 0.255 e. The van der Waals surface area contributed by atoms with E-state index in [9.17, 15) is 9.90 Å². The lowest BCUT2D eigenvalue weighted by Crippen LogP contribution is -2.44. The predicted octanol–water partition coefficient (Wildman–Crippen LogP) is 2.25. The standard InChI is InChI=1S/C12H14BrNO2/c1-8-4-5-9(7-10(8)13)14-6-2-3-11(15)12(14)16/h4-5,7,11,15H,2-3,6H2,1H3. The fourth-order valence-corrected chi connectivity index (χ4v) is 2.23. The van der Waals surface area contributed by atoms with Crippen LogP contribution < -0.4 is 4.90 Å². The average molecular weight is 284 g/mol. The highest BCUT2D eigenvalue weighted by atomic mass is 79.9. The van der Waals surface area contributed by atoms with Crippen LogP contribution in [0.15, 0.2) is 22.7 Å². The van der Waals surface area contributed by atoms with E-state index in [0.717, 1.165) is 22.1 Å². The van der Waals surface area contributed by atoms with Gasteiger partial charge in [-0.15, -0.1) is 0 Å². The number of carbonyl (C=O) groups is 1. The van der Waals surface area contributed by atoms with Gasteiger partial charge in [-0.2, -0.15) is 0 Å². The molecule has 0 aromatic heterocycles. The van der Waals surface area contributed by atoms with E-state index in [1.54, 1.807) is 4.90 Å². The number of amides is 1. The van der Waals surface area contributed by atoms with Crippen LogP contribution in [0, 0.1) is 6.92 Å². The SMILES string of the molecule is Cc1ccc(N2CCCC(O)C2=O)cc1Br. The van der Waals surface area contributed by atoms with Gasteiger partial charge in [0.1, 0.15) is 6.10 Å². The normalized spacial score (nSPS) is 21.3. The lowest BCUT2D eigenvalue weighted by atomic mass is 10.1. The van der Waals surface area contributed by atoms with Crippen molar-refractivity contribution in [1.82, 2.24) is 0 Å². The lowest BCUT2D eigenvalue weighted by Gasteiger charge is -2.30. The Kier molecular flexibility index (Phi) is 3.30. The molecule has 1 aliphatic heterocycles. The Hall–Kier alpha value is -0.870.